The third-order valence-corrected chi connectivity index (χ3v) is 5.13. The third kappa shape index (κ3) is 2.79. The maximum atomic E-state index is 13.6. The molecule has 2 aromatic heterocycles. The summed E-state index contributed by atoms with van der Waals surface area (Å²) in [4.78, 5) is 21.5. The Hall–Kier alpha value is -3.86. The van der Waals surface area contributed by atoms with Crippen LogP contribution in [0, 0.1) is 0 Å². The lowest BCUT2D eigenvalue weighted by atomic mass is 10.0. The van der Waals surface area contributed by atoms with Crippen LogP contribution in [0.5, 0.6) is 5.75 Å². The van der Waals surface area contributed by atoms with Crippen LogP contribution in [0.15, 0.2) is 75.9 Å². The molecule has 29 heavy (non-hydrogen) atoms. The number of aryl methyl sites for hydroxylation is 1. The van der Waals surface area contributed by atoms with Crippen LogP contribution in [0.25, 0.3) is 44.7 Å². The van der Waals surface area contributed by atoms with Crippen molar-refractivity contribution in [3.8, 4) is 28.5 Å². The highest BCUT2D eigenvalue weighted by atomic mass is 16.3. The zero-order valence-electron chi connectivity index (χ0n) is 15.8. The SMILES string of the molecule is CCc1cc2c(=O)c(-c3nc4ccccc4[nH]3)c(-c3ccccc3)oc2cc1O. The summed E-state index contributed by atoms with van der Waals surface area (Å²) in [5, 5.41) is 10.7. The number of hydrogen-bond acceptors (Lipinski definition) is 4. The van der Waals surface area contributed by atoms with Gasteiger partial charge in [0.15, 0.2) is 0 Å². The zero-order valence-corrected chi connectivity index (χ0v) is 15.8. The number of para-hydroxylation sites is 2. The largest absolute Gasteiger partial charge is 0.508 e. The minimum Gasteiger partial charge on any atom is -0.508 e. The summed E-state index contributed by atoms with van der Waals surface area (Å²) in [5.41, 5.74) is 3.64. The minimum absolute atomic E-state index is 0.124. The fourth-order valence-electron chi connectivity index (χ4n) is 3.64. The molecule has 2 N–H and O–H groups in total. The van der Waals surface area contributed by atoms with Gasteiger partial charge in [0, 0.05) is 11.6 Å². The van der Waals surface area contributed by atoms with Crippen LogP contribution in [0.4, 0.5) is 0 Å². The van der Waals surface area contributed by atoms with E-state index in [1.54, 1.807) is 6.07 Å². The Balaban J connectivity index is 1.90. The van der Waals surface area contributed by atoms with Gasteiger partial charge in [-0.05, 0) is 30.2 Å². The standard InChI is InChI=1S/C24H18N2O3/c1-2-14-12-16-20(13-19(14)27)29-23(15-8-4-3-5-9-15)21(22(16)28)24-25-17-10-6-7-11-18(17)26-24/h3-13,27H,2H2,1H3,(H,25,26). The van der Waals surface area contributed by atoms with Crippen LogP contribution in [0.3, 0.4) is 0 Å². The number of nitrogens with one attached hydrogen (secondary N) is 1. The number of phenols is 1. The van der Waals surface area contributed by atoms with Crippen molar-refractivity contribution < 1.29 is 9.52 Å². The van der Waals surface area contributed by atoms with E-state index in [0.29, 0.717) is 40.1 Å². The summed E-state index contributed by atoms with van der Waals surface area (Å²) in [6.07, 6.45) is 0.613. The van der Waals surface area contributed by atoms with Gasteiger partial charge in [-0.3, -0.25) is 4.79 Å². The van der Waals surface area contributed by atoms with Crippen molar-refractivity contribution >= 4 is 22.0 Å². The molecule has 5 heteroatoms. The fraction of sp³-hybridized carbons (Fsp3) is 0.0833. The summed E-state index contributed by atoms with van der Waals surface area (Å²) in [6.45, 7) is 1.93. The maximum Gasteiger partial charge on any atom is 0.204 e. The molecule has 0 bridgehead atoms. The Morgan fingerprint density at radius 1 is 1.03 bits per heavy atom. The highest BCUT2D eigenvalue weighted by Crippen LogP contribution is 2.34. The number of rotatable bonds is 3. The molecule has 0 aliphatic heterocycles. The first-order valence-electron chi connectivity index (χ1n) is 9.49. The molecule has 5 aromatic rings. The molecule has 0 saturated heterocycles. The number of phenolic OH excluding ortho intramolecular Hbond substituents is 1. The number of nitrogens with zero attached hydrogens (tertiary/aromatic N) is 1. The summed E-state index contributed by atoms with van der Waals surface area (Å²) in [5.74, 6) is 1.01. The van der Waals surface area contributed by atoms with Gasteiger partial charge in [0.1, 0.15) is 28.5 Å². The van der Waals surface area contributed by atoms with Gasteiger partial charge in [0.2, 0.25) is 5.43 Å². The summed E-state index contributed by atoms with van der Waals surface area (Å²) in [6, 6.07) is 20.3. The number of fused-ring (bicyclic) bond motifs is 2. The van der Waals surface area contributed by atoms with Crippen molar-refractivity contribution in [1.82, 2.24) is 9.97 Å². The third-order valence-electron chi connectivity index (χ3n) is 5.13. The number of H-pyrrole nitrogens is 1. The first-order valence-corrected chi connectivity index (χ1v) is 9.49. The molecular formula is C24H18N2O3. The van der Waals surface area contributed by atoms with Crippen molar-refractivity contribution in [3.05, 3.63) is 82.5 Å². The number of aromatic hydroxyl groups is 1. The van der Waals surface area contributed by atoms with Crippen LogP contribution in [0.1, 0.15) is 12.5 Å². The molecule has 2 heterocycles. The molecule has 142 valence electrons. The number of aromatic nitrogens is 2. The Bertz CT molecular complexity index is 1380. The average molecular weight is 382 g/mol. The normalized spacial score (nSPS) is 11.3. The van der Waals surface area contributed by atoms with E-state index >= 15 is 0 Å². The summed E-state index contributed by atoms with van der Waals surface area (Å²) < 4.78 is 6.17. The second-order valence-electron chi connectivity index (χ2n) is 6.93. The monoisotopic (exact) mass is 382 g/mol. The van der Waals surface area contributed by atoms with E-state index < -0.39 is 0 Å². The predicted molar refractivity (Wildman–Crippen MR) is 114 cm³/mol. The summed E-state index contributed by atoms with van der Waals surface area (Å²) >= 11 is 0. The zero-order chi connectivity index (χ0) is 20.0. The van der Waals surface area contributed by atoms with E-state index in [0.717, 1.165) is 16.6 Å². The second kappa shape index (κ2) is 6.63. The van der Waals surface area contributed by atoms with Gasteiger partial charge in [-0.15, -0.1) is 0 Å². The molecule has 0 unspecified atom stereocenters. The summed E-state index contributed by atoms with van der Waals surface area (Å²) in [7, 11) is 0. The molecule has 5 nitrogen and oxygen atoms in total. The van der Waals surface area contributed by atoms with Crippen LogP contribution in [-0.2, 0) is 6.42 Å². The molecule has 0 saturated carbocycles. The molecule has 0 spiro atoms. The van der Waals surface area contributed by atoms with Gasteiger partial charge >= 0.3 is 0 Å². The lowest BCUT2D eigenvalue weighted by Gasteiger charge is -2.10. The first-order chi connectivity index (χ1) is 14.2. The molecular weight excluding hydrogens is 364 g/mol. The molecule has 0 fully saturated rings. The Kier molecular flexibility index (Phi) is 3.95. The van der Waals surface area contributed by atoms with E-state index in [-0.39, 0.29) is 11.2 Å². The van der Waals surface area contributed by atoms with Gasteiger partial charge in [-0.2, -0.15) is 0 Å². The highest BCUT2D eigenvalue weighted by molar-refractivity contribution is 5.90. The smallest absolute Gasteiger partial charge is 0.204 e. The van der Waals surface area contributed by atoms with Crippen molar-refractivity contribution in [1.29, 1.82) is 0 Å². The average Bonchev–Trinajstić information content (AvgIpc) is 3.17. The van der Waals surface area contributed by atoms with Gasteiger partial charge in [0.05, 0.1) is 16.4 Å². The predicted octanol–water partition coefficient (Wildman–Crippen LogP) is 5.27. The number of imidazole rings is 1. The van der Waals surface area contributed by atoms with Crippen molar-refractivity contribution in [2.45, 2.75) is 13.3 Å². The van der Waals surface area contributed by atoms with E-state index in [1.165, 1.54) is 6.07 Å². The molecule has 0 atom stereocenters. The van der Waals surface area contributed by atoms with E-state index in [2.05, 4.69) is 9.97 Å². The Morgan fingerprint density at radius 3 is 2.55 bits per heavy atom. The van der Waals surface area contributed by atoms with E-state index in [4.69, 9.17) is 4.42 Å². The molecule has 0 radical (unpaired) electrons. The molecule has 5 rings (SSSR count). The topological polar surface area (TPSA) is 79.1 Å². The molecule has 0 aliphatic carbocycles. The maximum absolute atomic E-state index is 13.6. The Labute approximate surface area is 166 Å². The van der Waals surface area contributed by atoms with Crippen LogP contribution in [-0.4, -0.2) is 15.1 Å². The lowest BCUT2D eigenvalue weighted by Crippen LogP contribution is -2.09. The van der Waals surface area contributed by atoms with Crippen molar-refractivity contribution in [2.75, 3.05) is 0 Å². The van der Waals surface area contributed by atoms with Crippen LogP contribution >= 0.6 is 0 Å². The van der Waals surface area contributed by atoms with Crippen LogP contribution in [0.2, 0.25) is 0 Å². The quantitative estimate of drug-likeness (QED) is 0.445. The Morgan fingerprint density at radius 2 is 1.79 bits per heavy atom. The first kappa shape index (κ1) is 17.3. The molecule has 0 aliphatic rings. The van der Waals surface area contributed by atoms with Crippen molar-refractivity contribution in [3.63, 3.8) is 0 Å². The second-order valence-corrected chi connectivity index (χ2v) is 6.93. The van der Waals surface area contributed by atoms with Gasteiger partial charge < -0.3 is 14.5 Å². The van der Waals surface area contributed by atoms with Gasteiger partial charge in [0.25, 0.3) is 0 Å². The van der Waals surface area contributed by atoms with E-state index in [9.17, 15) is 9.90 Å². The van der Waals surface area contributed by atoms with Gasteiger partial charge in [-0.1, -0.05) is 49.4 Å². The fourth-order valence-corrected chi connectivity index (χ4v) is 3.64. The lowest BCUT2D eigenvalue weighted by molar-refractivity contribution is 0.468. The highest BCUT2D eigenvalue weighted by Gasteiger charge is 2.21. The molecule has 0 amide bonds. The van der Waals surface area contributed by atoms with E-state index in [1.807, 2.05) is 61.5 Å². The van der Waals surface area contributed by atoms with Crippen LogP contribution < -0.4 is 5.43 Å². The van der Waals surface area contributed by atoms with Crippen molar-refractivity contribution in [2.24, 2.45) is 0 Å². The molecule has 3 aromatic carbocycles. The number of hydrogen-bond donors (Lipinski definition) is 2. The number of aromatic amines is 1. The number of benzene rings is 3. The minimum atomic E-state index is -0.182. The van der Waals surface area contributed by atoms with Gasteiger partial charge in [-0.25, -0.2) is 4.98 Å².